The number of rotatable bonds is 7. The van der Waals surface area contributed by atoms with Crippen molar-refractivity contribution in [3.05, 3.63) is 42.2 Å². The average molecular weight is 516 g/mol. The van der Waals surface area contributed by atoms with Crippen molar-refractivity contribution in [2.45, 2.75) is 51.3 Å². The van der Waals surface area contributed by atoms with Crippen LogP contribution in [0.5, 0.6) is 5.75 Å². The molecule has 4 heterocycles. The van der Waals surface area contributed by atoms with Crippen LogP contribution in [-0.4, -0.2) is 78.4 Å². The Morgan fingerprint density at radius 1 is 1.05 bits per heavy atom. The van der Waals surface area contributed by atoms with Gasteiger partial charge in [0, 0.05) is 56.8 Å². The zero-order valence-corrected chi connectivity index (χ0v) is 22.4. The monoisotopic (exact) mass is 515 g/mol. The number of carbonyl (C=O) groups excluding carboxylic acids is 1. The van der Waals surface area contributed by atoms with Gasteiger partial charge < -0.3 is 24.3 Å². The quantitative estimate of drug-likeness (QED) is 0.517. The lowest BCUT2D eigenvalue weighted by Gasteiger charge is -2.43. The number of aromatic nitrogens is 2. The molecule has 1 unspecified atom stereocenters. The van der Waals surface area contributed by atoms with E-state index in [-0.39, 0.29) is 17.9 Å². The number of imidazole rings is 1. The third-order valence-electron chi connectivity index (χ3n) is 8.88. The van der Waals surface area contributed by atoms with E-state index in [4.69, 9.17) is 14.5 Å². The van der Waals surface area contributed by atoms with E-state index in [0.717, 1.165) is 61.7 Å². The van der Waals surface area contributed by atoms with E-state index in [9.17, 15) is 4.79 Å². The summed E-state index contributed by atoms with van der Waals surface area (Å²) in [5.74, 6) is 1.16. The predicted octanol–water partition coefficient (Wildman–Crippen LogP) is 3.77. The van der Waals surface area contributed by atoms with Crippen molar-refractivity contribution in [2.24, 2.45) is 5.92 Å². The Kier molecular flexibility index (Phi) is 6.04. The van der Waals surface area contributed by atoms with Crippen molar-refractivity contribution in [3.63, 3.8) is 0 Å². The number of aryl methyl sites for hydroxylation is 1. The second-order valence-corrected chi connectivity index (χ2v) is 11.5. The summed E-state index contributed by atoms with van der Waals surface area (Å²) in [6.07, 6.45) is 4.80. The molecule has 1 saturated carbocycles. The Labute approximate surface area is 223 Å². The number of anilines is 1. The fourth-order valence-corrected chi connectivity index (χ4v) is 6.23. The summed E-state index contributed by atoms with van der Waals surface area (Å²) in [6, 6.07) is 12.3. The third kappa shape index (κ3) is 4.43. The van der Waals surface area contributed by atoms with Gasteiger partial charge in [-0.1, -0.05) is 6.07 Å². The highest BCUT2D eigenvalue weighted by atomic mass is 16.5. The Bertz CT molecular complexity index is 1350. The second kappa shape index (κ2) is 9.58. The Morgan fingerprint density at radius 3 is 2.53 bits per heavy atom. The second-order valence-electron chi connectivity index (χ2n) is 11.5. The lowest BCUT2D eigenvalue weighted by molar-refractivity contribution is -0.119. The topological polar surface area (TPSA) is 71.9 Å². The van der Waals surface area contributed by atoms with Gasteiger partial charge in [0.15, 0.2) is 0 Å². The van der Waals surface area contributed by atoms with E-state index in [2.05, 4.69) is 63.9 Å². The molecule has 200 valence electrons. The zero-order valence-electron chi connectivity index (χ0n) is 22.4. The fraction of sp³-hybridized carbons (Fsp3) is 0.533. The summed E-state index contributed by atoms with van der Waals surface area (Å²) < 4.78 is 14.3. The number of carbonyl (C=O) groups is 1. The number of ether oxygens (including phenoxy) is 2. The van der Waals surface area contributed by atoms with Crippen LogP contribution in [0.4, 0.5) is 5.69 Å². The maximum atomic E-state index is 11.8. The van der Waals surface area contributed by atoms with Crippen LogP contribution in [0.25, 0.3) is 22.2 Å². The van der Waals surface area contributed by atoms with Gasteiger partial charge in [0.05, 0.1) is 31.1 Å². The lowest BCUT2D eigenvalue weighted by atomic mass is 10.00. The highest BCUT2D eigenvalue weighted by Gasteiger charge is 2.31. The van der Waals surface area contributed by atoms with Crippen molar-refractivity contribution < 1.29 is 14.3 Å². The molecule has 3 aliphatic heterocycles. The zero-order chi connectivity index (χ0) is 25.8. The predicted molar refractivity (Wildman–Crippen MR) is 148 cm³/mol. The SMILES string of the molecule is Cc1cc(-c2cc(O[C@H](C)C3CNC(=O)C3)c3c(c2)ncn3C2CC2)ccc1N1CCN(C2COC2)CC1. The molecule has 4 aliphatic rings. The number of amides is 1. The molecule has 7 rings (SSSR count). The molecular formula is C30H37N5O3. The van der Waals surface area contributed by atoms with Gasteiger partial charge >= 0.3 is 0 Å². The Hall–Kier alpha value is -3.10. The summed E-state index contributed by atoms with van der Waals surface area (Å²) in [5, 5.41) is 2.95. The van der Waals surface area contributed by atoms with E-state index in [0.29, 0.717) is 25.0 Å². The van der Waals surface area contributed by atoms with E-state index >= 15 is 0 Å². The normalized spacial score (nSPS) is 23.5. The van der Waals surface area contributed by atoms with Crippen molar-refractivity contribution in [1.29, 1.82) is 0 Å². The van der Waals surface area contributed by atoms with Crippen molar-refractivity contribution in [3.8, 4) is 16.9 Å². The molecule has 1 aromatic heterocycles. The molecule has 3 aromatic rings. The number of hydrogen-bond acceptors (Lipinski definition) is 6. The summed E-state index contributed by atoms with van der Waals surface area (Å²) >= 11 is 0. The van der Waals surface area contributed by atoms with Crippen LogP contribution in [0.2, 0.25) is 0 Å². The first kappa shape index (κ1) is 24.0. The summed E-state index contributed by atoms with van der Waals surface area (Å²) in [6.45, 7) is 11.0. The molecule has 1 amide bonds. The summed E-state index contributed by atoms with van der Waals surface area (Å²) in [7, 11) is 0. The largest absolute Gasteiger partial charge is 0.488 e. The molecule has 3 saturated heterocycles. The van der Waals surface area contributed by atoms with Gasteiger partial charge in [-0.05, 0) is 67.6 Å². The average Bonchev–Trinajstić information content (AvgIpc) is 3.48. The minimum atomic E-state index is -0.0655. The van der Waals surface area contributed by atoms with Crippen LogP contribution in [-0.2, 0) is 9.53 Å². The first-order valence-electron chi connectivity index (χ1n) is 14.1. The highest BCUT2D eigenvalue weighted by Crippen LogP contribution is 2.42. The molecule has 8 heteroatoms. The maximum Gasteiger partial charge on any atom is 0.220 e. The number of benzene rings is 2. The molecule has 0 spiro atoms. The van der Waals surface area contributed by atoms with Crippen LogP contribution in [0.15, 0.2) is 36.7 Å². The lowest BCUT2D eigenvalue weighted by Crippen LogP contribution is -2.56. The molecular weight excluding hydrogens is 478 g/mol. The van der Waals surface area contributed by atoms with Gasteiger partial charge in [-0.15, -0.1) is 0 Å². The summed E-state index contributed by atoms with van der Waals surface area (Å²) in [5.41, 5.74) is 6.94. The molecule has 2 atom stereocenters. The van der Waals surface area contributed by atoms with E-state index < -0.39 is 0 Å². The van der Waals surface area contributed by atoms with Crippen molar-refractivity contribution in [2.75, 3.05) is 50.8 Å². The van der Waals surface area contributed by atoms with Gasteiger partial charge in [-0.3, -0.25) is 9.69 Å². The number of nitrogens with zero attached hydrogens (tertiary/aromatic N) is 4. The number of hydrogen-bond donors (Lipinski definition) is 1. The van der Waals surface area contributed by atoms with Crippen LogP contribution in [0.3, 0.4) is 0 Å². The van der Waals surface area contributed by atoms with Gasteiger partial charge in [-0.25, -0.2) is 4.98 Å². The van der Waals surface area contributed by atoms with Crippen LogP contribution < -0.4 is 15.0 Å². The Balaban J connectivity index is 1.16. The van der Waals surface area contributed by atoms with Crippen LogP contribution >= 0.6 is 0 Å². The smallest absolute Gasteiger partial charge is 0.220 e. The standard InChI is InChI=1S/C30H37N5O3/c1-19-11-21(3-6-27(19)34-9-7-33(8-10-34)25-16-37-17-25)22-12-26-30(35(18-32-26)24-4-5-24)28(13-22)38-20(2)23-14-29(36)31-15-23/h3,6,11-13,18,20,23-25H,4-5,7-10,14-17H2,1-2H3,(H,31,36)/t20-,23?/m1/s1. The van der Waals surface area contributed by atoms with E-state index in [1.54, 1.807) is 0 Å². The molecule has 1 N–H and O–H groups in total. The molecule has 0 radical (unpaired) electrons. The fourth-order valence-electron chi connectivity index (χ4n) is 6.23. The van der Waals surface area contributed by atoms with E-state index in [1.807, 2.05) is 6.33 Å². The Morgan fingerprint density at radius 2 is 1.87 bits per heavy atom. The van der Waals surface area contributed by atoms with Crippen molar-refractivity contribution in [1.82, 2.24) is 19.8 Å². The number of fused-ring (bicyclic) bond motifs is 1. The van der Waals surface area contributed by atoms with Crippen LogP contribution in [0, 0.1) is 12.8 Å². The summed E-state index contributed by atoms with van der Waals surface area (Å²) in [4.78, 5) is 21.7. The maximum absolute atomic E-state index is 11.8. The molecule has 0 bridgehead atoms. The first-order chi connectivity index (χ1) is 18.5. The highest BCUT2D eigenvalue weighted by molar-refractivity contribution is 5.88. The minimum Gasteiger partial charge on any atom is -0.488 e. The van der Waals surface area contributed by atoms with Gasteiger partial charge in [-0.2, -0.15) is 0 Å². The number of piperazine rings is 1. The van der Waals surface area contributed by atoms with E-state index in [1.165, 1.54) is 29.7 Å². The molecule has 1 aliphatic carbocycles. The van der Waals surface area contributed by atoms with Gasteiger partial charge in [0.1, 0.15) is 17.4 Å². The van der Waals surface area contributed by atoms with Gasteiger partial charge in [0.25, 0.3) is 0 Å². The molecule has 4 fully saturated rings. The first-order valence-corrected chi connectivity index (χ1v) is 14.1. The molecule has 8 nitrogen and oxygen atoms in total. The molecule has 38 heavy (non-hydrogen) atoms. The van der Waals surface area contributed by atoms with Crippen molar-refractivity contribution >= 4 is 22.6 Å². The van der Waals surface area contributed by atoms with Gasteiger partial charge in [0.2, 0.25) is 5.91 Å². The minimum absolute atomic E-state index is 0.0655. The van der Waals surface area contributed by atoms with Crippen LogP contribution in [0.1, 0.15) is 37.8 Å². The third-order valence-corrected chi connectivity index (χ3v) is 8.88. The number of nitrogens with one attached hydrogen (secondary N) is 1. The molecule has 2 aromatic carbocycles.